The van der Waals surface area contributed by atoms with Crippen LogP contribution >= 0.6 is 11.6 Å². The van der Waals surface area contributed by atoms with Crippen LogP contribution in [0.1, 0.15) is 5.82 Å². The molecular weight excluding hydrogens is 436 g/mol. The topological polar surface area (TPSA) is 47.9 Å². The normalized spacial score (nSPS) is 18.8. The van der Waals surface area contributed by atoms with E-state index in [0.717, 1.165) is 69.4 Å². The largest absolute Gasteiger partial charge is 0.368 e. The van der Waals surface area contributed by atoms with Crippen LogP contribution in [0.25, 0.3) is 16.6 Å². The highest BCUT2D eigenvalue weighted by molar-refractivity contribution is 6.32. The molecule has 0 amide bonds. The summed E-state index contributed by atoms with van der Waals surface area (Å²) in [5.74, 6) is 0.737. The molecule has 174 valence electrons. The Morgan fingerprint density at radius 1 is 0.818 bits per heavy atom. The van der Waals surface area contributed by atoms with E-state index in [4.69, 9.17) is 16.6 Å². The van der Waals surface area contributed by atoms with Crippen molar-refractivity contribution in [3.63, 3.8) is 0 Å². The zero-order valence-corrected chi connectivity index (χ0v) is 20.1. The molecule has 33 heavy (non-hydrogen) atoms. The van der Waals surface area contributed by atoms with Crippen LogP contribution in [-0.2, 0) is 6.54 Å². The van der Waals surface area contributed by atoms with E-state index in [0.29, 0.717) is 22.6 Å². The number of hydrogen-bond donors (Lipinski definition) is 0. The minimum atomic E-state index is -0.0493. The molecule has 3 heterocycles. The maximum atomic E-state index is 14.1. The number of para-hydroxylation sites is 1. The number of hydrogen-bond acceptors (Lipinski definition) is 6. The summed E-state index contributed by atoms with van der Waals surface area (Å²) in [6.07, 6.45) is 0. The third-order valence-electron chi connectivity index (χ3n) is 6.84. The molecule has 8 heteroatoms. The van der Waals surface area contributed by atoms with Crippen LogP contribution in [0.3, 0.4) is 0 Å². The van der Waals surface area contributed by atoms with Crippen LogP contribution in [0, 0.1) is 0 Å². The molecule has 3 aromatic rings. The van der Waals surface area contributed by atoms with Gasteiger partial charge in [-0.15, -0.1) is 0 Å². The van der Waals surface area contributed by atoms with Crippen LogP contribution in [-0.4, -0.2) is 90.7 Å². The Kier molecular flexibility index (Phi) is 6.38. The molecular formula is C25H31ClN6O. The third-order valence-corrected chi connectivity index (χ3v) is 7.16. The molecule has 0 radical (unpaired) electrons. The Morgan fingerprint density at radius 3 is 2.15 bits per heavy atom. The Hall–Kier alpha value is -2.45. The van der Waals surface area contributed by atoms with Gasteiger partial charge in [-0.3, -0.25) is 14.3 Å². The molecule has 5 rings (SSSR count). The van der Waals surface area contributed by atoms with Crippen LogP contribution in [0.4, 0.5) is 5.69 Å². The highest BCUT2D eigenvalue weighted by atomic mass is 35.5. The fraction of sp³-hybridized carbons (Fsp3) is 0.440. The van der Waals surface area contributed by atoms with E-state index >= 15 is 0 Å². The zero-order chi connectivity index (χ0) is 22.9. The van der Waals surface area contributed by atoms with Crippen LogP contribution in [0.5, 0.6) is 0 Å². The fourth-order valence-corrected chi connectivity index (χ4v) is 4.98. The van der Waals surface area contributed by atoms with E-state index in [1.165, 1.54) is 0 Å². The van der Waals surface area contributed by atoms with Gasteiger partial charge in [-0.1, -0.05) is 29.8 Å². The lowest BCUT2D eigenvalue weighted by Gasteiger charge is -2.35. The van der Waals surface area contributed by atoms with E-state index in [1.807, 2.05) is 42.5 Å². The number of benzene rings is 2. The molecule has 0 atom stereocenters. The molecule has 2 aliphatic heterocycles. The number of halogens is 1. The average molecular weight is 467 g/mol. The van der Waals surface area contributed by atoms with Gasteiger partial charge in [0, 0.05) is 52.4 Å². The molecule has 2 aliphatic rings. The Morgan fingerprint density at radius 2 is 1.45 bits per heavy atom. The summed E-state index contributed by atoms with van der Waals surface area (Å²) in [6, 6.07) is 13.6. The summed E-state index contributed by atoms with van der Waals surface area (Å²) in [7, 11) is 4.28. The lowest BCUT2D eigenvalue weighted by molar-refractivity contribution is 0.144. The predicted octanol–water partition coefficient (Wildman–Crippen LogP) is 2.54. The highest BCUT2D eigenvalue weighted by Gasteiger charge is 2.23. The van der Waals surface area contributed by atoms with E-state index in [1.54, 1.807) is 4.57 Å². The first-order valence-corrected chi connectivity index (χ1v) is 12.0. The van der Waals surface area contributed by atoms with Gasteiger partial charge in [0.05, 0.1) is 33.8 Å². The van der Waals surface area contributed by atoms with E-state index < -0.39 is 0 Å². The molecule has 0 spiro atoms. The van der Waals surface area contributed by atoms with Gasteiger partial charge >= 0.3 is 0 Å². The number of piperazine rings is 2. The third kappa shape index (κ3) is 4.51. The van der Waals surface area contributed by atoms with E-state index in [2.05, 4.69) is 33.7 Å². The monoisotopic (exact) mass is 466 g/mol. The van der Waals surface area contributed by atoms with Crippen molar-refractivity contribution in [2.24, 2.45) is 0 Å². The summed E-state index contributed by atoms with van der Waals surface area (Å²) >= 11 is 6.60. The fourth-order valence-electron chi connectivity index (χ4n) is 4.76. The predicted molar refractivity (Wildman–Crippen MR) is 135 cm³/mol. The number of fused-ring (bicyclic) bond motifs is 1. The summed E-state index contributed by atoms with van der Waals surface area (Å²) in [5.41, 5.74) is 2.36. The second kappa shape index (κ2) is 9.43. The van der Waals surface area contributed by atoms with Crippen LogP contribution in [0.15, 0.2) is 47.3 Å². The number of aromatic nitrogens is 2. The molecule has 1 aromatic heterocycles. The molecule has 0 unspecified atom stereocenters. The molecule has 2 saturated heterocycles. The Bertz CT molecular complexity index is 1200. The number of rotatable bonds is 4. The molecule has 0 bridgehead atoms. The molecule has 0 N–H and O–H groups in total. The molecule has 2 aromatic carbocycles. The van der Waals surface area contributed by atoms with Crippen molar-refractivity contribution in [1.82, 2.24) is 24.3 Å². The summed E-state index contributed by atoms with van der Waals surface area (Å²) in [6.45, 7) is 8.28. The molecule has 7 nitrogen and oxygen atoms in total. The van der Waals surface area contributed by atoms with E-state index in [-0.39, 0.29) is 5.56 Å². The molecule has 2 fully saturated rings. The SMILES string of the molecule is CN1CCN(Cc2nc3cccc(N4CCN(C)CC4)c3c(=O)n2-c2ccccc2Cl)CC1. The first kappa shape index (κ1) is 22.3. The van der Waals surface area contributed by atoms with Crippen molar-refractivity contribution in [1.29, 1.82) is 0 Å². The second-order valence-electron chi connectivity index (χ2n) is 9.16. The smallest absolute Gasteiger partial charge is 0.268 e. The summed E-state index contributed by atoms with van der Waals surface area (Å²) in [5, 5.41) is 1.22. The van der Waals surface area contributed by atoms with E-state index in [9.17, 15) is 4.79 Å². The van der Waals surface area contributed by atoms with Crippen molar-refractivity contribution in [3.8, 4) is 5.69 Å². The van der Waals surface area contributed by atoms with Crippen molar-refractivity contribution in [2.45, 2.75) is 6.54 Å². The van der Waals surface area contributed by atoms with Crippen molar-refractivity contribution >= 4 is 28.2 Å². The quantitative estimate of drug-likeness (QED) is 0.589. The standard InChI is InChI=1S/C25H31ClN6O/c1-28-10-14-30(15-11-28)18-23-27-20-7-5-9-22(31-16-12-29(2)13-17-31)24(20)25(33)32(23)21-8-4-3-6-19(21)26/h3-9H,10-18H2,1-2H3. The van der Waals surface area contributed by atoms with Crippen molar-refractivity contribution < 1.29 is 0 Å². The first-order chi connectivity index (χ1) is 16.0. The number of nitrogens with zero attached hydrogens (tertiary/aromatic N) is 6. The van der Waals surface area contributed by atoms with Gasteiger partial charge in [0.25, 0.3) is 5.56 Å². The van der Waals surface area contributed by atoms with Crippen molar-refractivity contribution in [2.75, 3.05) is 71.4 Å². The Balaban J connectivity index is 1.66. The Labute approximate surface area is 199 Å². The summed E-state index contributed by atoms with van der Waals surface area (Å²) < 4.78 is 1.74. The lowest BCUT2D eigenvalue weighted by Crippen LogP contribution is -2.45. The van der Waals surface area contributed by atoms with Gasteiger partial charge in [0.15, 0.2) is 0 Å². The maximum Gasteiger partial charge on any atom is 0.268 e. The second-order valence-corrected chi connectivity index (χ2v) is 9.57. The molecule has 0 aliphatic carbocycles. The zero-order valence-electron chi connectivity index (χ0n) is 19.4. The minimum Gasteiger partial charge on any atom is -0.368 e. The number of anilines is 1. The van der Waals surface area contributed by atoms with Gasteiger partial charge in [-0.25, -0.2) is 4.98 Å². The van der Waals surface area contributed by atoms with Gasteiger partial charge < -0.3 is 14.7 Å². The van der Waals surface area contributed by atoms with Gasteiger partial charge in [0.1, 0.15) is 5.82 Å². The highest BCUT2D eigenvalue weighted by Crippen LogP contribution is 2.27. The minimum absolute atomic E-state index is 0.0493. The van der Waals surface area contributed by atoms with Gasteiger partial charge in [-0.05, 0) is 38.4 Å². The van der Waals surface area contributed by atoms with Gasteiger partial charge in [-0.2, -0.15) is 0 Å². The lowest BCUT2D eigenvalue weighted by atomic mass is 10.1. The van der Waals surface area contributed by atoms with Crippen molar-refractivity contribution in [3.05, 3.63) is 63.7 Å². The summed E-state index contributed by atoms with van der Waals surface area (Å²) in [4.78, 5) is 28.5. The first-order valence-electron chi connectivity index (χ1n) is 11.7. The maximum absolute atomic E-state index is 14.1. The van der Waals surface area contributed by atoms with Gasteiger partial charge in [0.2, 0.25) is 0 Å². The van der Waals surface area contributed by atoms with Crippen LogP contribution in [0.2, 0.25) is 5.02 Å². The number of likely N-dealkylation sites (N-methyl/N-ethyl adjacent to an activating group) is 2. The molecule has 0 saturated carbocycles. The average Bonchev–Trinajstić information content (AvgIpc) is 2.82. The van der Waals surface area contributed by atoms with Crippen LogP contribution < -0.4 is 10.5 Å².